The van der Waals surface area contributed by atoms with E-state index >= 15 is 0 Å². The minimum Gasteiger partial charge on any atom is -0.457 e. The van der Waals surface area contributed by atoms with Crippen LogP contribution in [0.3, 0.4) is 0 Å². The van der Waals surface area contributed by atoms with Crippen molar-refractivity contribution >= 4 is 15.9 Å². The van der Waals surface area contributed by atoms with Crippen LogP contribution >= 0.6 is 15.9 Å². The Morgan fingerprint density at radius 2 is 1.89 bits per heavy atom. The fraction of sp³-hybridized carbons (Fsp3) is 0.200. The van der Waals surface area contributed by atoms with Crippen molar-refractivity contribution in [2.24, 2.45) is 0 Å². The average Bonchev–Trinajstić information content (AvgIpc) is 2.34. The summed E-state index contributed by atoms with van der Waals surface area (Å²) in [6, 6.07) is 13.3. The molecule has 0 spiro atoms. The van der Waals surface area contributed by atoms with Gasteiger partial charge in [0, 0.05) is 10.0 Å². The summed E-state index contributed by atoms with van der Waals surface area (Å²) in [6.07, 6.45) is -0.544. The lowest BCUT2D eigenvalue weighted by molar-refractivity contribution is 0.195. The monoisotopic (exact) mass is 306 g/mol. The van der Waals surface area contributed by atoms with Gasteiger partial charge in [0.2, 0.25) is 0 Å². The van der Waals surface area contributed by atoms with Crippen LogP contribution in [0.4, 0.5) is 0 Å². The topological polar surface area (TPSA) is 29.5 Å². The summed E-state index contributed by atoms with van der Waals surface area (Å²) < 4.78 is 6.88. The van der Waals surface area contributed by atoms with E-state index in [0.717, 1.165) is 21.3 Å². The van der Waals surface area contributed by atoms with E-state index in [4.69, 9.17) is 4.74 Å². The molecule has 0 aromatic heterocycles. The summed E-state index contributed by atoms with van der Waals surface area (Å²) in [4.78, 5) is 0. The summed E-state index contributed by atoms with van der Waals surface area (Å²) in [6.45, 7) is 3.74. The van der Waals surface area contributed by atoms with E-state index in [2.05, 4.69) is 15.9 Å². The Kier molecular flexibility index (Phi) is 4.04. The third kappa shape index (κ3) is 2.92. The predicted molar refractivity (Wildman–Crippen MR) is 76.0 cm³/mol. The third-order valence-electron chi connectivity index (χ3n) is 2.73. The molecule has 0 saturated heterocycles. The molecule has 0 heterocycles. The summed E-state index contributed by atoms with van der Waals surface area (Å²) in [5, 5.41) is 9.69. The summed E-state index contributed by atoms with van der Waals surface area (Å²) >= 11 is 3.46. The standard InChI is InChI=1S/C15H15BrO2/c1-10-9-12(7-8-14(10)16)18-15-6-4-3-5-13(15)11(2)17/h3-9,11,17H,1-2H3/t11-/m0/s1. The number of halogens is 1. The second-order valence-electron chi connectivity index (χ2n) is 4.23. The molecule has 0 amide bonds. The maximum atomic E-state index is 9.69. The molecular weight excluding hydrogens is 292 g/mol. The van der Waals surface area contributed by atoms with Gasteiger partial charge in [0.1, 0.15) is 11.5 Å². The molecule has 2 nitrogen and oxygen atoms in total. The van der Waals surface area contributed by atoms with E-state index in [0.29, 0.717) is 5.75 Å². The number of ether oxygens (including phenoxy) is 1. The number of aliphatic hydroxyl groups excluding tert-OH is 1. The van der Waals surface area contributed by atoms with Crippen molar-refractivity contribution in [1.82, 2.24) is 0 Å². The molecule has 18 heavy (non-hydrogen) atoms. The Morgan fingerprint density at radius 1 is 1.17 bits per heavy atom. The van der Waals surface area contributed by atoms with Crippen LogP contribution < -0.4 is 4.74 Å². The lowest BCUT2D eigenvalue weighted by Gasteiger charge is -2.13. The molecule has 0 bridgehead atoms. The van der Waals surface area contributed by atoms with E-state index in [9.17, 15) is 5.11 Å². The fourth-order valence-corrected chi connectivity index (χ4v) is 1.97. The molecule has 0 aliphatic rings. The smallest absolute Gasteiger partial charge is 0.133 e. The largest absolute Gasteiger partial charge is 0.457 e. The highest BCUT2D eigenvalue weighted by Gasteiger charge is 2.09. The van der Waals surface area contributed by atoms with Gasteiger partial charge >= 0.3 is 0 Å². The number of benzene rings is 2. The maximum absolute atomic E-state index is 9.69. The molecule has 0 aliphatic heterocycles. The first-order valence-electron chi connectivity index (χ1n) is 5.79. The summed E-state index contributed by atoms with van der Waals surface area (Å²) in [7, 11) is 0. The summed E-state index contributed by atoms with van der Waals surface area (Å²) in [5.41, 5.74) is 1.90. The van der Waals surface area contributed by atoms with E-state index in [1.165, 1.54) is 0 Å². The Labute approximate surface area is 115 Å². The van der Waals surface area contributed by atoms with Gasteiger partial charge < -0.3 is 9.84 Å². The molecule has 0 radical (unpaired) electrons. The van der Waals surface area contributed by atoms with Crippen LogP contribution in [0.2, 0.25) is 0 Å². The second-order valence-corrected chi connectivity index (χ2v) is 5.08. The quantitative estimate of drug-likeness (QED) is 0.897. The van der Waals surface area contributed by atoms with Crippen LogP contribution in [0.15, 0.2) is 46.9 Å². The molecule has 1 atom stereocenters. The van der Waals surface area contributed by atoms with E-state index in [1.807, 2.05) is 49.4 Å². The third-order valence-corrected chi connectivity index (χ3v) is 3.62. The molecule has 0 aliphatic carbocycles. The Hall–Kier alpha value is -1.32. The SMILES string of the molecule is Cc1cc(Oc2ccccc2[C@H](C)O)ccc1Br. The van der Waals surface area contributed by atoms with E-state index in [-0.39, 0.29) is 0 Å². The molecule has 2 aromatic rings. The van der Waals surface area contributed by atoms with Crippen LogP contribution in [0.25, 0.3) is 0 Å². The zero-order valence-electron chi connectivity index (χ0n) is 10.4. The lowest BCUT2D eigenvalue weighted by Crippen LogP contribution is -1.95. The average molecular weight is 307 g/mol. The Morgan fingerprint density at radius 3 is 2.56 bits per heavy atom. The van der Waals surface area contributed by atoms with Crippen molar-refractivity contribution in [3.63, 3.8) is 0 Å². The zero-order valence-corrected chi connectivity index (χ0v) is 11.9. The molecular formula is C15H15BrO2. The van der Waals surface area contributed by atoms with Crippen molar-refractivity contribution in [2.75, 3.05) is 0 Å². The summed E-state index contributed by atoms with van der Waals surface area (Å²) in [5.74, 6) is 1.46. The minimum absolute atomic E-state index is 0.544. The molecule has 0 fully saturated rings. The van der Waals surface area contributed by atoms with Crippen LogP contribution in [0.5, 0.6) is 11.5 Å². The Bertz CT molecular complexity index is 550. The zero-order chi connectivity index (χ0) is 13.1. The van der Waals surface area contributed by atoms with Crippen molar-refractivity contribution in [1.29, 1.82) is 0 Å². The van der Waals surface area contributed by atoms with Crippen molar-refractivity contribution in [2.45, 2.75) is 20.0 Å². The fourth-order valence-electron chi connectivity index (χ4n) is 1.73. The number of para-hydroxylation sites is 1. The van der Waals surface area contributed by atoms with E-state index in [1.54, 1.807) is 6.92 Å². The molecule has 2 aromatic carbocycles. The van der Waals surface area contributed by atoms with Crippen molar-refractivity contribution in [3.05, 3.63) is 58.1 Å². The second kappa shape index (κ2) is 5.55. The van der Waals surface area contributed by atoms with Crippen LogP contribution in [-0.2, 0) is 0 Å². The number of hydrogen-bond donors (Lipinski definition) is 1. The first-order chi connectivity index (χ1) is 8.58. The highest BCUT2D eigenvalue weighted by Crippen LogP contribution is 2.31. The highest BCUT2D eigenvalue weighted by atomic mass is 79.9. The molecule has 0 unspecified atom stereocenters. The van der Waals surface area contributed by atoms with Crippen LogP contribution in [0.1, 0.15) is 24.2 Å². The molecule has 3 heteroatoms. The molecule has 2 rings (SSSR count). The number of aryl methyl sites for hydroxylation is 1. The van der Waals surface area contributed by atoms with Gasteiger partial charge in [-0.25, -0.2) is 0 Å². The highest BCUT2D eigenvalue weighted by molar-refractivity contribution is 9.10. The van der Waals surface area contributed by atoms with Gasteiger partial charge in [0.25, 0.3) is 0 Å². The first-order valence-corrected chi connectivity index (χ1v) is 6.58. The van der Waals surface area contributed by atoms with Gasteiger partial charge in [-0.1, -0.05) is 34.1 Å². The normalized spacial score (nSPS) is 12.2. The molecule has 0 saturated carbocycles. The van der Waals surface area contributed by atoms with Gasteiger partial charge in [-0.3, -0.25) is 0 Å². The number of rotatable bonds is 3. The predicted octanol–water partition coefficient (Wildman–Crippen LogP) is 4.60. The van der Waals surface area contributed by atoms with Gasteiger partial charge in [-0.05, 0) is 43.7 Å². The van der Waals surface area contributed by atoms with Gasteiger partial charge in [-0.15, -0.1) is 0 Å². The van der Waals surface area contributed by atoms with Crippen molar-refractivity contribution < 1.29 is 9.84 Å². The van der Waals surface area contributed by atoms with Gasteiger partial charge in [0.15, 0.2) is 0 Å². The lowest BCUT2D eigenvalue weighted by atomic mass is 10.1. The minimum atomic E-state index is -0.544. The van der Waals surface area contributed by atoms with Gasteiger partial charge in [-0.2, -0.15) is 0 Å². The molecule has 1 N–H and O–H groups in total. The van der Waals surface area contributed by atoms with Crippen molar-refractivity contribution in [3.8, 4) is 11.5 Å². The first kappa shape index (κ1) is 13.1. The van der Waals surface area contributed by atoms with Gasteiger partial charge in [0.05, 0.1) is 6.10 Å². The maximum Gasteiger partial charge on any atom is 0.133 e. The van der Waals surface area contributed by atoms with Crippen LogP contribution in [-0.4, -0.2) is 5.11 Å². The molecule has 94 valence electrons. The number of hydrogen-bond acceptors (Lipinski definition) is 2. The van der Waals surface area contributed by atoms with Crippen LogP contribution in [0, 0.1) is 6.92 Å². The Balaban J connectivity index is 2.31. The van der Waals surface area contributed by atoms with E-state index < -0.39 is 6.10 Å². The number of aliphatic hydroxyl groups is 1.